The maximum absolute atomic E-state index is 11.7. The zero-order valence-electron chi connectivity index (χ0n) is 11.6. The first-order chi connectivity index (χ1) is 9.81. The van der Waals surface area contributed by atoms with Crippen LogP contribution in [0.1, 0.15) is 16.8 Å². The molecule has 3 N–H and O–H groups in total. The van der Waals surface area contributed by atoms with Crippen molar-refractivity contribution in [1.82, 2.24) is 10.2 Å². The number of halogens is 1. The van der Waals surface area contributed by atoms with Crippen molar-refractivity contribution in [1.29, 1.82) is 0 Å². The van der Waals surface area contributed by atoms with Crippen molar-refractivity contribution in [2.75, 3.05) is 26.0 Å². The van der Waals surface area contributed by atoms with Crippen LogP contribution in [0.15, 0.2) is 22.7 Å². The summed E-state index contributed by atoms with van der Waals surface area (Å²) in [6.45, 7) is 0.168. The van der Waals surface area contributed by atoms with Crippen molar-refractivity contribution < 1.29 is 19.5 Å². The largest absolute Gasteiger partial charge is 0.478 e. The number of nitrogens with zero attached hydrogens (tertiary/aromatic N) is 1. The summed E-state index contributed by atoms with van der Waals surface area (Å²) in [5.74, 6) is -1.25. The molecule has 0 aromatic heterocycles. The van der Waals surface area contributed by atoms with Crippen LogP contribution in [0, 0.1) is 0 Å². The van der Waals surface area contributed by atoms with Gasteiger partial charge in [0.1, 0.15) is 0 Å². The number of carbonyl (C=O) groups is 3. The van der Waals surface area contributed by atoms with E-state index in [1.807, 2.05) is 0 Å². The first-order valence-corrected chi connectivity index (χ1v) is 6.88. The lowest BCUT2D eigenvalue weighted by Gasteiger charge is -2.12. The van der Waals surface area contributed by atoms with Crippen LogP contribution in [0.4, 0.5) is 10.5 Å². The SMILES string of the molecule is CN(C)C(=O)CCNC(=O)Nc1ccc(Br)cc1C(=O)O. The smallest absolute Gasteiger partial charge is 0.337 e. The van der Waals surface area contributed by atoms with E-state index in [1.165, 1.54) is 17.0 Å². The fraction of sp³-hybridized carbons (Fsp3) is 0.308. The van der Waals surface area contributed by atoms with E-state index in [0.29, 0.717) is 4.47 Å². The summed E-state index contributed by atoms with van der Waals surface area (Å²) in [6.07, 6.45) is 0.173. The Labute approximate surface area is 130 Å². The van der Waals surface area contributed by atoms with E-state index in [9.17, 15) is 14.4 Å². The quantitative estimate of drug-likeness (QED) is 0.747. The molecule has 0 radical (unpaired) electrons. The van der Waals surface area contributed by atoms with Crippen molar-refractivity contribution >= 4 is 39.5 Å². The molecule has 114 valence electrons. The number of amides is 3. The molecule has 1 aromatic rings. The van der Waals surface area contributed by atoms with E-state index in [2.05, 4.69) is 26.6 Å². The molecule has 0 saturated carbocycles. The molecule has 1 rings (SSSR count). The van der Waals surface area contributed by atoms with E-state index in [4.69, 9.17) is 5.11 Å². The predicted octanol–water partition coefficient (Wildman–Crippen LogP) is 1.75. The van der Waals surface area contributed by atoms with Gasteiger partial charge in [-0.1, -0.05) is 15.9 Å². The van der Waals surface area contributed by atoms with Crippen molar-refractivity contribution in [3.63, 3.8) is 0 Å². The van der Waals surface area contributed by atoms with Gasteiger partial charge in [-0.3, -0.25) is 4.79 Å². The van der Waals surface area contributed by atoms with Crippen LogP contribution in [-0.2, 0) is 4.79 Å². The number of anilines is 1. The molecule has 0 saturated heterocycles. The maximum atomic E-state index is 11.7. The molecular weight excluding hydrogens is 342 g/mol. The molecule has 0 spiro atoms. The maximum Gasteiger partial charge on any atom is 0.337 e. The van der Waals surface area contributed by atoms with Gasteiger partial charge in [-0.25, -0.2) is 9.59 Å². The minimum atomic E-state index is -1.14. The highest BCUT2D eigenvalue weighted by atomic mass is 79.9. The molecule has 3 amide bonds. The molecule has 0 aliphatic heterocycles. The molecule has 0 bridgehead atoms. The third-order valence-corrected chi connectivity index (χ3v) is 3.08. The molecule has 0 atom stereocenters. The minimum Gasteiger partial charge on any atom is -0.478 e. The summed E-state index contributed by atoms with van der Waals surface area (Å²) < 4.78 is 0.599. The van der Waals surface area contributed by atoms with E-state index in [-0.39, 0.29) is 30.1 Å². The average molecular weight is 358 g/mol. The fourth-order valence-corrected chi connectivity index (χ4v) is 1.84. The Balaban J connectivity index is 2.59. The lowest BCUT2D eigenvalue weighted by Crippen LogP contribution is -2.33. The van der Waals surface area contributed by atoms with Crippen LogP contribution in [0.5, 0.6) is 0 Å². The minimum absolute atomic E-state index is 0.0242. The number of aromatic carboxylic acids is 1. The highest BCUT2D eigenvalue weighted by Gasteiger charge is 2.13. The summed E-state index contributed by atoms with van der Waals surface area (Å²) in [4.78, 5) is 35.5. The predicted molar refractivity (Wildman–Crippen MR) is 81.4 cm³/mol. The Kier molecular flexibility index (Phi) is 6.16. The van der Waals surface area contributed by atoms with E-state index >= 15 is 0 Å². The fourth-order valence-electron chi connectivity index (χ4n) is 1.48. The summed E-state index contributed by atoms with van der Waals surface area (Å²) >= 11 is 3.17. The standard InChI is InChI=1S/C13H16BrN3O4/c1-17(2)11(18)5-6-15-13(21)16-10-4-3-8(14)7-9(10)12(19)20/h3-4,7H,5-6H2,1-2H3,(H,19,20)(H2,15,16,21). The topological polar surface area (TPSA) is 98.7 Å². The summed E-state index contributed by atoms with van der Waals surface area (Å²) in [5, 5.41) is 14.0. The molecule has 8 heteroatoms. The number of carbonyl (C=O) groups excluding carboxylic acids is 2. The molecule has 0 unspecified atom stereocenters. The van der Waals surface area contributed by atoms with Gasteiger partial charge in [0.25, 0.3) is 0 Å². The zero-order chi connectivity index (χ0) is 16.0. The van der Waals surface area contributed by atoms with E-state index in [0.717, 1.165) is 0 Å². The second-order valence-corrected chi connectivity index (χ2v) is 5.33. The van der Waals surface area contributed by atoms with Crippen LogP contribution in [0.3, 0.4) is 0 Å². The molecule has 0 aliphatic carbocycles. The van der Waals surface area contributed by atoms with E-state index in [1.54, 1.807) is 20.2 Å². The zero-order valence-corrected chi connectivity index (χ0v) is 13.2. The van der Waals surface area contributed by atoms with Crippen LogP contribution < -0.4 is 10.6 Å². The molecule has 1 aromatic carbocycles. The molecule has 0 heterocycles. The van der Waals surface area contributed by atoms with Gasteiger partial charge in [0.2, 0.25) is 5.91 Å². The van der Waals surface area contributed by atoms with Crippen LogP contribution >= 0.6 is 15.9 Å². The van der Waals surface area contributed by atoms with Gasteiger partial charge < -0.3 is 20.6 Å². The second kappa shape index (κ2) is 7.63. The summed E-state index contributed by atoms with van der Waals surface area (Å²) in [7, 11) is 3.26. The number of carboxylic acids is 1. The number of urea groups is 1. The van der Waals surface area contributed by atoms with Crippen molar-refractivity contribution in [2.24, 2.45) is 0 Å². The first-order valence-electron chi connectivity index (χ1n) is 6.09. The number of benzene rings is 1. The van der Waals surface area contributed by atoms with Crippen LogP contribution in [-0.4, -0.2) is 48.6 Å². The Morgan fingerprint density at radius 3 is 2.52 bits per heavy atom. The molecule has 0 fully saturated rings. The van der Waals surface area contributed by atoms with Gasteiger partial charge in [-0.15, -0.1) is 0 Å². The van der Waals surface area contributed by atoms with Gasteiger partial charge in [-0.2, -0.15) is 0 Å². The number of nitrogens with one attached hydrogen (secondary N) is 2. The Morgan fingerprint density at radius 1 is 1.29 bits per heavy atom. The molecule has 21 heavy (non-hydrogen) atoms. The molecule has 0 aliphatic rings. The van der Waals surface area contributed by atoms with E-state index < -0.39 is 12.0 Å². The Bertz CT molecular complexity index is 560. The average Bonchev–Trinajstić information content (AvgIpc) is 2.40. The highest BCUT2D eigenvalue weighted by Crippen LogP contribution is 2.21. The van der Waals surface area contributed by atoms with Crippen LogP contribution in [0.25, 0.3) is 0 Å². The number of carboxylic acid groups (broad SMARTS) is 1. The number of rotatable bonds is 5. The first kappa shape index (κ1) is 17.0. The summed E-state index contributed by atoms with van der Waals surface area (Å²) in [5.41, 5.74) is 0.158. The van der Waals surface area contributed by atoms with Gasteiger partial charge in [0.15, 0.2) is 0 Å². The third kappa shape index (κ3) is 5.42. The van der Waals surface area contributed by atoms with Crippen molar-refractivity contribution in [3.8, 4) is 0 Å². The third-order valence-electron chi connectivity index (χ3n) is 2.58. The monoisotopic (exact) mass is 357 g/mol. The van der Waals surface area contributed by atoms with Gasteiger partial charge in [0.05, 0.1) is 11.3 Å². The normalized spacial score (nSPS) is 9.86. The Morgan fingerprint density at radius 2 is 1.95 bits per heavy atom. The number of hydrogen-bond acceptors (Lipinski definition) is 3. The van der Waals surface area contributed by atoms with Gasteiger partial charge in [-0.05, 0) is 18.2 Å². The van der Waals surface area contributed by atoms with Crippen molar-refractivity contribution in [3.05, 3.63) is 28.2 Å². The molecular formula is C13H16BrN3O4. The van der Waals surface area contributed by atoms with Gasteiger partial charge in [0, 0.05) is 31.5 Å². The second-order valence-electron chi connectivity index (χ2n) is 4.41. The van der Waals surface area contributed by atoms with Gasteiger partial charge >= 0.3 is 12.0 Å². The lowest BCUT2D eigenvalue weighted by molar-refractivity contribution is -0.128. The molecule has 7 nitrogen and oxygen atoms in total. The number of hydrogen-bond donors (Lipinski definition) is 3. The Hall–Kier alpha value is -2.09. The van der Waals surface area contributed by atoms with Crippen molar-refractivity contribution in [2.45, 2.75) is 6.42 Å². The summed E-state index contributed by atoms with van der Waals surface area (Å²) in [6, 6.07) is 3.94. The lowest BCUT2D eigenvalue weighted by atomic mass is 10.2. The van der Waals surface area contributed by atoms with Crippen LogP contribution in [0.2, 0.25) is 0 Å². The highest BCUT2D eigenvalue weighted by molar-refractivity contribution is 9.10.